The van der Waals surface area contributed by atoms with Crippen molar-refractivity contribution in [1.82, 2.24) is 4.90 Å². The number of hydrogen-bond donors (Lipinski definition) is 1. The summed E-state index contributed by atoms with van der Waals surface area (Å²) < 4.78 is 0. The molecule has 0 aliphatic rings. The number of nitrogens with two attached hydrogens (primary N) is 1. The first-order valence-electron chi connectivity index (χ1n) is 5.19. The fourth-order valence-electron chi connectivity index (χ4n) is 1.40. The normalized spacial score (nSPS) is 10.1. The Morgan fingerprint density at radius 2 is 1.80 bits per heavy atom. The molecule has 0 aromatic heterocycles. The number of hydrogen-bond acceptors (Lipinski definition) is 2. The Kier molecular flexibility index (Phi) is 4.31. The first-order chi connectivity index (χ1) is 7.17. The van der Waals surface area contributed by atoms with Crippen LogP contribution >= 0.6 is 0 Å². The topological polar surface area (TPSA) is 46.3 Å². The van der Waals surface area contributed by atoms with Gasteiger partial charge in [0.2, 0.25) is 5.91 Å². The molecule has 3 nitrogen and oxygen atoms in total. The Balaban J connectivity index is 2.60. The number of carbonyl (C=O) groups is 1. The van der Waals surface area contributed by atoms with Crippen molar-refractivity contribution in [3.05, 3.63) is 35.4 Å². The predicted octanol–water partition coefficient (Wildman–Crippen LogP) is 1.17. The van der Waals surface area contributed by atoms with Gasteiger partial charge in [-0.05, 0) is 17.5 Å². The summed E-state index contributed by atoms with van der Waals surface area (Å²) >= 11 is 0. The third kappa shape index (κ3) is 3.36. The van der Waals surface area contributed by atoms with Crippen molar-refractivity contribution < 1.29 is 4.79 Å². The monoisotopic (exact) mass is 206 g/mol. The van der Waals surface area contributed by atoms with Gasteiger partial charge in [-0.25, -0.2) is 0 Å². The fourth-order valence-corrected chi connectivity index (χ4v) is 1.40. The van der Waals surface area contributed by atoms with Gasteiger partial charge in [0, 0.05) is 13.6 Å². The van der Waals surface area contributed by atoms with Crippen LogP contribution in [0.5, 0.6) is 0 Å². The van der Waals surface area contributed by atoms with E-state index in [-0.39, 0.29) is 12.5 Å². The quantitative estimate of drug-likeness (QED) is 0.803. The van der Waals surface area contributed by atoms with Crippen LogP contribution in [0.1, 0.15) is 18.1 Å². The minimum absolute atomic E-state index is 0.0328. The Morgan fingerprint density at radius 1 is 1.27 bits per heavy atom. The number of benzene rings is 1. The highest BCUT2D eigenvalue weighted by Gasteiger charge is 2.06. The molecule has 0 unspecified atom stereocenters. The van der Waals surface area contributed by atoms with Gasteiger partial charge in [0.25, 0.3) is 0 Å². The Morgan fingerprint density at radius 3 is 2.27 bits per heavy atom. The van der Waals surface area contributed by atoms with Gasteiger partial charge in [-0.15, -0.1) is 0 Å². The molecule has 82 valence electrons. The molecule has 1 amide bonds. The van der Waals surface area contributed by atoms with E-state index in [9.17, 15) is 4.79 Å². The van der Waals surface area contributed by atoms with Gasteiger partial charge < -0.3 is 10.6 Å². The van der Waals surface area contributed by atoms with Crippen LogP contribution in [0.2, 0.25) is 0 Å². The average molecular weight is 206 g/mol. The van der Waals surface area contributed by atoms with Gasteiger partial charge in [-0.1, -0.05) is 31.2 Å². The maximum Gasteiger partial charge on any atom is 0.236 e. The zero-order valence-electron chi connectivity index (χ0n) is 9.36. The average Bonchev–Trinajstić information content (AvgIpc) is 2.29. The van der Waals surface area contributed by atoms with Crippen LogP contribution in [-0.2, 0) is 17.8 Å². The summed E-state index contributed by atoms with van der Waals surface area (Å²) in [5, 5.41) is 0. The molecular weight excluding hydrogens is 188 g/mol. The van der Waals surface area contributed by atoms with Crippen LogP contribution in [0.25, 0.3) is 0 Å². The largest absolute Gasteiger partial charge is 0.340 e. The number of rotatable bonds is 4. The second-order valence-corrected chi connectivity index (χ2v) is 3.62. The van der Waals surface area contributed by atoms with Crippen molar-refractivity contribution >= 4 is 5.91 Å². The van der Waals surface area contributed by atoms with Gasteiger partial charge in [0.15, 0.2) is 0 Å². The van der Waals surface area contributed by atoms with E-state index < -0.39 is 0 Å². The molecule has 1 aromatic rings. The molecule has 0 fully saturated rings. The summed E-state index contributed by atoms with van der Waals surface area (Å²) in [6.45, 7) is 2.82. The van der Waals surface area contributed by atoms with Gasteiger partial charge in [0.05, 0.1) is 6.54 Å². The van der Waals surface area contributed by atoms with Crippen molar-refractivity contribution in [2.24, 2.45) is 5.73 Å². The Bertz CT molecular complexity index is 319. The second kappa shape index (κ2) is 5.51. The van der Waals surface area contributed by atoms with E-state index in [0.717, 1.165) is 12.0 Å². The number of likely N-dealkylation sites (N-methyl/N-ethyl adjacent to an activating group) is 1. The number of nitrogens with zero attached hydrogens (tertiary/aromatic N) is 1. The summed E-state index contributed by atoms with van der Waals surface area (Å²) in [6, 6.07) is 8.30. The zero-order chi connectivity index (χ0) is 11.3. The molecule has 0 radical (unpaired) electrons. The lowest BCUT2D eigenvalue weighted by Crippen LogP contribution is -2.32. The molecule has 1 aromatic carbocycles. The van der Waals surface area contributed by atoms with E-state index in [2.05, 4.69) is 31.2 Å². The maximum atomic E-state index is 11.2. The molecule has 0 aliphatic carbocycles. The first kappa shape index (κ1) is 11.7. The fraction of sp³-hybridized carbons (Fsp3) is 0.417. The van der Waals surface area contributed by atoms with E-state index in [1.165, 1.54) is 5.56 Å². The highest BCUT2D eigenvalue weighted by atomic mass is 16.2. The van der Waals surface area contributed by atoms with Crippen LogP contribution in [0.3, 0.4) is 0 Å². The highest BCUT2D eigenvalue weighted by Crippen LogP contribution is 2.07. The molecular formula is C12H18N2O. The first-order valence-corrected chi connectivity index (χ1v) is 5.19. The van der Waals surface area contributed by atoms with Crippen molar-refractivity contribution in [2.45, 2.75) is 19.9 Å². The lowest BCUT2D eigenvalue weighted by atomic mass is 10.1. The second-order valence-electron chi connectivity index (χ2n) is 3.62. The summed E-state index contributed by atoms with van der Waals surface area (Å²) in [6.07, 6.45) is 1.04. The number of aryl methyl sites for hydroxylation is 1. The maximum absolute atomic E-state index is 11.2. The zero-order valence-corrected chi connectivity index (χ0v) is 9.36. The van der Waals surface area contributed by atoms with Crippen LogP contribution in [0.15, 0.2) is 24.3 Å². The lowest BCUT2D eigenvalue weighted by molar-refractivity contribution is -0.128. The summed E-state index contributed by atoms with van der Waals surface area (Å²) in [4.78, 5) is 12.9. The molecule has 0 bridgehead atoms. The van der Waals surface area contributed by atoms with Crippen LogP contribution in [0, 0.1) is 0 Å². The third-order valence-electron chi connectivity index (χ3n) is 2.45. The highest BCUT2D eigenvalue weighted by molar-refractivity contribution is 5.77. The van der Waals surface area contributed by atoms with Gasteiger partial charge >= 0.3 is 0 Å². The Labute approximate surface area is 90.9 Å². The Hall–Kier alpha value is -1.35. The third-order valence-corrected chi connectivity index (χ3v) is 2.45. The molecule has 15 heavy (non-hydrogen) atoms. The van der Waals surface area contributed by atoms with E-state index >= 15 is 0 Å². The van der Waals surface area contributed by atoms with Gasteiger partial charge in [-0.3, -0.25) is 4.79 Å². The van der Waals surface area contributed by atoms with E-state index in [0.29, 0.717) is 6.54 Å². The van der Waals surface area contributed by atoms with Crippen molar-refractivity contribution in [3.63, 3.8) is 0 Å². The van der Waals surface area contributed by atoms with Gasteiger partial charge in [-0.2, -0.15) is 0 Å². The van der Waals surface area contributed by atoms with E-state index in [4.69, 9.17) is 5.73 Å². The van der Waals surface area contributed by atoms with Crippen LogP contribution in [0.4, 0.5) is 0 Å². The molecule has 0 saturated carbocycles. The molecule has 1 rings (SSSR count). The van der Waals surface area contributed by atoms with Crippen LogP contribution in [-0.4, -0.2) is 24.4 Å². The van der Waals surface area contributed by atoms with Crippen LogP contribution < -0.4 is 5.73 Å². The van der Waals surface area contributed by atoms with Crippen molar-refractivity contribution in [3.8, 4) is 0 Å². The van der Waals surface area contributed by atoms with E-state index in [1.54, 1.807) is 11.9 Å². The molecule has 0 heterocycles. The van der Waals surface area contributed by atoms with Crippen molar-refractivity contribution in [1.29, 1.82) is 0 Å². The number of carbonyl (C=O) groups excluding carboxylic acids is 1. The molecule has 3 heteroatoms. The molecule has 0 spiro atoms. The molecule has 2 N–H and O–H groups in total. The predicted molar refractivity (Wildman–Crippen MR) is 61.3 cm³/mol. The minimum Gasteiger partial charge on any atom is -0.340 e. The van der Waals surface area contributed by atoms with Gasteiger partial charge in [0.1, 0.15) is 0 Å². The molecule has 0 saturated heterocycles. The summed E-state index contributed by atoms with van der Waals surface area (Å²) in [5.41, 5.74) is 7.73. The molecule has 0 aliphatic heterocycles. The SMILES string of the molecule is CCc1ccc(CN(C)C(=O)CN)cc1. The summed E-state index contributed by atoms with van der Waals surface area (Å²) in [5.74, 6) is -0.0328. The lowest BCUT2D eigenvalue weighted by Gasteiger charge is -2.16. The molecule has 0 atom stereocenters. The summed E-state index contributed by atoms with van der Waals surface area (Å²) in [7, 11) is 1.77. The smallest absolute Gasteiger partial charge is 0.236 e. The van der Waals surface area contributed by atoms with E-state index in [1.807, 2.05) is 0 Å². The standard InChI is InChI=1S/C12H18N2O/c1-3-10-4-6-11(7-5-10)9-14(2)12(15)8-13/h4-7H,3,8-9,13H2,1-2H3. The minimum atomic E-state index is -0.0328. The number of amides is 1. The van der Waals surface area contributed by atoms with Crippen molar-refractivity contribution in [2.75, 3.05) is 13.6 Å².